The van der Waals surface area contributed by atoms with Crippen LogP contribution in [0.25, 0.3) is 0 Å². The Labute approximate surface area is 113 Å². The Morgan fingerprint density at radius 1 is 1.24 bits per heavy atom. The van der Waals surface area contributed by atoms with E-state index < -0.39 is 0 Å². The van der Waals surface area contributed by atoms with Crippen molar-refractivity contribution < 1.29 is 4.79 Å². The Hall–Kier alpha value is -0.0500. The first-order chi connectivity index (χ1) is 8.12. The van der Waals surface area contributed by atoms with Crippen LogP contribution in [0.15, 0.2) is 0 Å². The zero-order chi connectivity index (χ0) is 12.3. The monoisotopic (exact) mass is 301 g/mol. The second kappa shape index (κ2) is 5.73. The van der Waals surface area contributed by atoms with Crippen molar-refractivity contribution in [3.63, 3.8) is 0 Å². The molecule has 98 valence electrons. The van der Waals surface area contributed by atoms with E-state index in [1.165, 1.54) is 38.5 Å². The zero-order valence-corrected chi connectivity index (χ0v) is 12.4. The van der Waals surface area contributed by atoms with Crippen LogP contribution in [0.1, 0.15) is 58.3 Å². The first kappa shape index (κ1) is 13.4. The van der Waals surface area contributed by atoms with Crippen molar-refractivity contribution in [1.29, 1.82) is 0 Å². The summed E-state index contributed by atoms with van der Waals surface area (Å²) in [6.45, 7) is 2.99. The summed E-state index contributed by atoms with van der Waals surface area (Å²) in [6, 6.07) is 0. The van der Waals surface area contributed by atoms with E-state index in [1.54, 1.807) is 0 Å². The molecule has 2 aliphatic carbocycles. The number of hydrogen-bond acceptors (Lipinski definition) is 1. The Bertz CT molecular complexity index is 273. The van der Waals surface area contributed by atoms with Crippen molar-refractivity contribution in [2.75, 3.05) is 6.54 Å². The quantitative estimate of drug-likeness (QED) is 0.792. The van der Waals surface area contributed by atoms with Crippen molar-refractivity contribution in [3.8, 4) is 0 Å². The van der Waals surface area contributed by atoms with Gasteiger partial charge in [0.1, 0.15) is 0 Å². The highest BCUT2D eigenvalue weighted by Crippen LogP contribution is 2.38. The van der Waals surface area contributed by atoms with Gasteiger partial charge in [-0.1, -0.05) is 48.5 Å². The first-order valence-electron chi connectivity index (χ1n) is 7.04. The summed E-state index contributed by atoms with van der Waals surface area (Å²) in [7, 11) is 0. The van der Waals surface area contributed by atoms with Crippen LogP contribution >= 0.6 is 15.9 Å². The molecule has 0 aromatic carbocycles. The van der Waals surface area contributed by atoms with E-state index >= 15 is 0 Å². The third kappa shape index (κ3) is 3.24. The van der Waals surface area contributed by atoms with Crippen LogP contribution in [-0.2, 0) is 4.79 Å². The van der Waals surface area contributed by atoms with Gasteiger partial charge >= 0.3 is 0 Å². The third-order valence-corrected chi connectivity index (χ3v) is 5.80. The topological polar surface area (TPSA) is 29.1 Å². The number of nitrogens with one attached hydrogen (secondary N) is 1. The van der Waals surface area contributed by atoms with Crippen LogP contribution in [0.2, 0.25) is 0 Å². The number of hydrogen-bond donors (Lipinski definition) is 1. The molecule has 0 spiro atoms. The average molecular weight is 302 g/mol. The maximum atomic E-state index is 12.2. The SMILES string of the molecule is CC1(C(=O)NCC2CCCCC2Br)CCCC1. The molecule has 1 amide bonds. The fourth-order valence-corrected chi connectivity index (χ4v) is 3.99. The fourth-order valence-electron chi connectivity index (χ4n) is 3.21. The van der Waals surface area contributed by atoms with E-state index in [0.717, 1.165) is 19.4 Å². The molecular weight excluding hydrogens is 278 g/mol. The maximum Gasteiger partial charge on any atom is 0.225 e. The summed E-state index contributed by atoms with van der Waals surface area (Å²) >= 11 is 3.75. The molecule has 17 heavy (non-hydrogen) atoms. The third-order valence-electron chi connectivity index (χ3n) is 4.60. The van der Waals surface area contributed by atoms with E-state index in [-0.39, 0.29) is 5.41 Å². The largest absolute Gasteiger partial charge is 0.355 e. The molecule has 3 heteroatoms. The summed E-state index contributed by atoms with van der Waals surface area (Å²) in [5.41, 5.74) is -0.0729. The van der Waals surface area contributed by atoms with Gasteiger partial charge in [-0.2, -0.15) is 0 Å². The van der Waals surface area contributed by atoms with Gasteiger partial charge in [-0.3, -0.25) is 4.79 Å². The zero-order valence-electron chi connectivity index (χ0n) is 10.8. The van der Waals surface area contributed by atoms with Crippen LogP contribution in [0.3, 0.4) is 0 Å². The molecule has 0 bridgehead atoms. The van der Waals surface area contributed by atoms with Gasteiger partial charge in [-0.25, -0.2) is 0 Å². The number of amides is 1. The van der Waals surface area contributed by atoms with Crippen LogP contribution in [0, 0.1) is 11.3 Å². The van der Waals surface area contributed by atoms with Gasteiger partial charge in [-0.05, 0) is 31.6 Å². The molecule has 2 aliphatic rings. The number of halogens is 1. The number of carbonyl (C=O) groups is 1. The van der Waals surface area contributed by atoms with Crippen molar-refractivity contribution in [3.05, 3.63) is 0 Å². The minimum Gasteiger partial charge on any atom is -0.355 e. The van der Waals surface area contributed by atoms with Gasteiger partial charge < -0.3 is 5.32 Å². The lowest BCUT2D eigenvalue weighted by atomic mass is 9.86. The van der Waals surface area contributed by atoms with Gasteiger partial charge in [0.05, 0.1) is 0 Å². The molecule has 0 aromatic heterocycles. The summed E-state index contributed by atoms with van der Waals surface area (Å²) in [5, 5.41) is 3.20. The summed E-state index contributed by atoms with van der Waals surface area (Å²) in [5.74, 6) is 0.929. The van der Waals surface area contributed by atoms with Gasteiger partial charge in [0.25, 0.3) is 0 Å². The first-order valence-corrected chi connectivity index (χ1v) is 7.96. The smallest absolute Gasteiger partial charge is 0.225 e. The number of carbonyl (C=O) groups excluding carboxylic acids is 1. The standard InChI is InChI=1S/C14H24BrNO/c1-14(8-4-5-9-14)13(17)16-10-11-6-2-3-7-12(11)15/h11-12H,2-10H2,1H3,(H,16,17). The van der Waals surface area contributed by atoms with Crippen molar-refractivity contribution in [1.82, 2.24) is 5.32 Å². The summed E-state index contributed by atoms with van der Waals surface area (Å²) in [4.78, 5) is 12.8. The number of alkyl halides is 1. The molecule has 0 aliphatic heterocycles. The Kier molecular flexibility index (Phi) is 4.51. The van der Waals surface area contributed by atoms with Crippen molar-refractivity contribution >= 4 is 21.8 Å². The van der Waals surface area contributed by atoms with Crippen LogP contribution in [-0.4, -0.2) is 17.3 Å². The molecule has 2 nitrogen and oxygen atoms in total. The number of rotatable bonds is 3. The van der Waals surface area contributed by atoms with Gasteiger partial charge in [-0.15, -0.1) is 0 Å². The van der Waals surface area contributed by atoms with Crippen LogP contribution < -0.4 is 5.32 Å². The van der Waals surface area contributed by atoms with Gasteiger partial charge in [0.2, 0.25) is 5.91 Å². The molecule has 2 atom stereocenters. The molecule has 1 N–H and O–H groups in total. The molecule has 2 saturated carbocycles. The van der Waals surface area contributed by atoms with E-state index in [0.29, 0.717) is 16.7 Å². The predicted octanol–water partition coefficient (Wildman–Crippen LogP) is 3.64. The van der Waals surface area contributed by atoms with E-state index in [4.69, 9.17) is 0 Å². The molecular formula is C14H24BrNO. The summed E-state index contributed by atoms with van der Waals surface area (Å²) < 4.78 is 0. The Morgan fingerprint density at radius 2 is 1.88 bits per heavy atom. The van der Waals surface area contributed by atoms with Crippen LogP contribution in [0.5, 0.6) is 0 Å². The molecule has 2 rings (SSSR count). The van der Waals surface area contributed by atoms with E-state index in [9.17, 15) is 4.79 Å². The highest BCUT2D eigenvalue weighted by Gasteiger charge is 2.36. The average Bonchev–Trinajstić information content (AvgIpc) is 2.76. The molecule has 2 fully saturated rings. The Morgan fingerprint density at radius 3 is 2.53 bits per heavy atom. The second-order valence-corrected chi connectivity index (χ2v) is 7.21. The maximum absolute atomic E-state index is 12.2. The highest BCUT2D eigenvalue weighted by molar-refractivity contribution is 9.09. The second-order valence-electron chi connectivity index (χ2n) is 6.04. The minimum absolute atomic E-state index is 0.0729. The lowest BCUT2D eigenvalue weighted by Gasteiger charge is -2.29. The molecule has 0 radical (unpaired) electrons. The normalized spacial score (nSPS) is 32.4. The predicted molar refractivity (Wildman–Crippen MR) is 74.3 cm³/mol. The molecule has 0 saturated heterocycles. The van der Waals surface area contributed by atoms with Gasteiger partial charge in [0.15, 0.2) is 0 Å². The minimum atomic E-state index is -0.0729. The lowest BCUT2D eigenvalue weighted by molar-refractivity contribution is -0.130. The van der Waals surface area contributed by atoms with E-state index in [1.807, 2.05) is 0 Å². The molecule has 0 heterocycles. The highest BCUT2D eigenvalue weighted by atomic mass is 79.9. The fraction of sp³-hybridized carbons (Fsp3) is 0.929. The molecule has 2 unspecified atom stereocenters. The molecule has 0 aromatic rings. The van der Waals surface area contributed by atoms with Crippen molar-refractivity contribution in [2.45, 2.75) is 63.1 Å². The Balaban J connectivity index is 1.79. The van der Waals surface area contributed by atoms with E-state index in [2.05, 4.69) is 28.2 Å². The van der Waals surface area contributed by atoms with Crippen molar-refractivity contribution in [2.24, 2.45) is 11.3 Å². The summed E-state index contributed by atoms with van der Waals surface area (Å²) in [6.07, 6.45) is 9.74. The lowest BCUT2D eigenvalue weighted by Crippen LogP contribution is -2.41. The van der Waals surface area contributed by atoms with Crippen LogP contribution in [0.4, 0.5) is 0 Å². The van der Waals surface area contributed by atoms with Gasteiger partial charge in [0, 0.05) is 16.8 Å².